The van der Waals surface area contributed by atoms with E-state index in [1.54, 1.807) is 37.3 Å². The van der Waals surface area contributed by atoms with Crippen molar-refractivity contribution in [2.45, 2.75) is 25.7 Å². The van der Waals surface area contributed by atoms with Crippen LogP contribution in [-0.4, -0.2) is 46.9 Å². The van der Waals surface area contributed by atoms with Crippen molar-refractivity contribution in [1.29, 1.82) is 0 Å². The van der Waals surface area contributed by atoms with Crippen LogP contribution in [0.25, 0.3) is 0 Å². The minimum atomic E-state index is -4.55. The van der Waals surface area contributed by atoms with E-state index in [0.29, 0.717) is 0 Å². The zero-order chi connectivity index (χ0) is 16.8. The molecule has 0 saturated carbocycles. The van der Waals surface area contributed by atoms with E-state index in [1.165, 1.54) is 4.90 Å². The van der Waals surface area contributed by atoms with Gasteiger partial charge in [0.15, 0.2) is 0 Å². The highest BCUT2D eigenvalue weighted by Crippen LogP contribution is 2.45. The molecule has 2 aliphatic rings. The van der Waals surface area contributed by atoms with Gasteiger partial charge in [-0.15, -0.1) is 0 Å². The first-order chi connectivity index (χ1) is 10.8. The topological polar surface area (TPSA) is 40.6 Å². The second-order valence-corrected chi connectivity index (χ2v) is 5.95. The Morgan fingerprint density at radius 3 is 2.35 bits per heavy atom. The number of alkyl halides is 3. The van der Waals surface area contributed by atoms with Gasteiger partial charge in [0.05, 0.1) is 11.8 Å². The molecule has 0 aliphatic carbocycles. The fourth-order valence-corrected chi connectivity index (χ4v) is 3.66. The molecule has 2 heterocycles. The van der Waals surface area contributed by atoms with E-state index in [4.69, 9.17) is 0 Å². The molecule has 23 heavy (non-hydrogen) atoms. The van der Waals surface area contributed by atoms with Crippen LogP contribution >= 0.6 is 0 Å². The van der Waals surface area contributed by atoms with E-state index in [-0.39, 0.29) is 19.6 Å². The minimum absolute atomic E-state index is 0.0369. The molecule has 2 fully saturated rings. The van der Waals surface area contributed by atoms with Gasteiger partial charge in [-0.2, -0.15) is 13.2 Å². The average Bonchev–Trinajstić information content (AvgIpc) is 2.97. The van der Waals surface area contributed by atoms with Gasteiger partial charge in [0.1, 0.15) is 6.04 Å². The predicted molar refractivity (Wildman–Crippen MR) is 76.1 cm³/mol. The van der Waals surface area contributed by atoms with Crippen molar-refractivity contribution in [1.82, 2.24) is 9.80 Å². The fraction of sp³-hybridized carbons (Fsp3) is 0.500. The number of benzene rings is 1. The molecule has 1 aromatic carbocycles. The van der Waals surface area contributed by atoms with E-state index in [9.17, 15) is 22.8 Å². The summed E-state index contributed by atoms with van der Waals surface area (Å²) in [6.07, 6.45) is -4.55. The van der Waals surface area contributed by atoms with E-state index in [0.717, 1.165) is 10.5 Å². The number of nitrogens with zero attached hydrogens (tertiary/aromatic N) is 2. The highest BCUT2D eigenvalue weighted by atomic mass is 19.4. The lowest BCUT2D eigenvalue weighted by molar-refractivity contribution is -0.190. The van der Waals surface area contributed by atoms with Crippen molar-refractivity contribution in [2.75, 3.05) is 13.1 Å². The molecule has 0 N–H and O–H groups in total. The quantitative estimate of drug-likeness (QED) is 0.798. The van der Waals surface area contributed by atoms with Crippen LogP contribution in [0.1, 0.15) is 12.5 Å². The summed E-state index contributed by atoms with van der Waals surface area (Å²) in [6, 6.07) is 6.87. The Morgan fingerprint density at radius 1 is 1.13 bits per heavy atom. The smallest absolute Gasteiger partial charge is 0.286 e. The van der Waals surface area contributed by atoms with Crippen molar-refractivity contribution < 1.29 is 22.8 Å². The van der Waals surface area contributed by atoms with Crippen LogP contribution in [0.15, 0.2) is 30.3 Å². The Kier molecular flexibility index (Phi) is 3.91. The number of carbonyl (C=O) groups is 2. The Bertz CT molecular complexity index is 618. The molecule has 0 spiro atoms. The van der Waals surface area contributed by atoms with Gasteiger partial charge in [-0.3, -0.25) is 19.4 Å². The number of hydrogen-bond acceptors (Lipinski definition) is 3. The normalized spacial score (nSPS) is 28.5. The second kappa shape index (κ2) is 5.63. The first-order valence-electron chi connectivity index (χ1n) is 7.54. The molecule has 0 radical (unpaired) electrons. The Morgan fingerprint density at radius 2 is 1.78 bits per heavy atom. The molecule has 1 aromatic rings. The number of halogens is 3. The summed E-state index contributed by atoms with van der Waals surface area (Å²) < 4.78 is 40.7. The maximum absolute atomic E-state index is 13.6. The summed E-state index contributed by atoms with van der Waals surface area (Å²) in [7, 11) is 0. The van der Waals surface area contributed by atoms with Crippen LogP contribution < -0.4 is 0 Å². The molecule has 3 atom stereocenters. The summed E-state index contributed by atoms with van der Waals surface area (Å²) in [5.74, 6) is -3.38. The SMILES string of the molecule is CCN1C(=O)[C@H]2[C@H](CN(Cc3ccccc3)[C@@H]2C(F)(F)F)C1=O. The predicted octanol–water partition coefficient (Wildman–Crippen LogP) is 2.05. The molecule has 2 saturated heterocycles. The molecule has 2 amide bonds. The maximum Gasteiger partial charge on any atom is 0.404 e. The minimum Gasteiger partial charge on any atom is -0.286 e. The number of fused-ring (bicyclic) bond motifs is 1. The fourth-order valence-electron chi connectivity index (χ4n) is 3.66. The third-order valence-electron chi connectivity index (χ3n) is 4.61. The molecular formula is C16H17F3N2O2. The zero-order valence-corrected chi connectivity index (χ0v) is 12.6. The van der Waals surface area contributed by atoms with Gasteiger partial charge in [-0.05, 0) is 12.5 Å². The Balaban J connectivity index is 1.91. The summed E-state index contributed by atoms with van der Waals surface area (Å²) in [5.41, 5.74) is 0.731. The van der Waals surface area contributed by atoms with Crippen molar-refractivity contribution >= 4 is 11.8 Å². The van der Waals surface area contributed by atoms with Crippen LogP contribution in [0.4, 0.5) is 13.2 Å². The van der Waals surface area contributed by atoms with Crippen molar-refractivity contribution in [2.24, 2.45) is 11.8 Å². The van der Waals surface area contributed by atoms with Crippen molar-refractivity contribution in [3.63, 3.8) is 0 Å². The third-order valence-corrected chi connectivity index (χ3v) is 4.61. The van der Waals surface area contributed by atoms with Gasteiger partial charge >= 0.3 is 6.18 Å². The third kappa shape index (κ3) is 2.63. The van der Waals surface area contributed by atoms with E-state index >= 15 is 0 Å². The van der Waals surface area contributed by atoms with Crippen LogP contribution in [0.2, 0.25) is 0 Å². The van der Waals surface area contributed by atoms with Crippen molar-refractivity contribution in [3.05, 3.63) is 35.9 Å². The number of rotatable bonds is 3. The number of hydrogen-bond donors (Lipinski definition) is 0. The molecule has 0 aromatic heterocycles. The number of carbonyl (C=O) groups excluding carboxylic acids is 2. The highest BCUT2D eigenvalue weighted by molar-refractivity contribution is 6.06. The molecule has 2 aliphatic heterocycles. The Labute approximate surface area is 131 Å². The maximum atomic E-state index is 13.6. The lowest BCUT2D eigenvalue weighted by atomic mass is 9.92. The van der Waals surface area contributed by atoms with Gasteiger partial charge < -0.3 is 0 Å². The van der Waals surface area contributed by atoms with Crippen LogP contribution in [0.5, 0.6) is 0 Å². The van der Waals surface area contributed by atoms with E-state index in [1.807, 2.05) is 0 Å². The average molecular weight is 326 g/mol. The lowest BCUT2D eigenvalue weighted by Crippen LogP contribution is -2.48. The number of amides is 2. The largest absolute Gasteiger partial charge is 0.404 e. The Hall–Kier alpha value is -1.89. The summed E-state index contributed by atoms with van der Waals surface area (Å²) >= 11 is 0. The van der Waals surface area contributed by atoms with Crippen molar-refractivity contribution in [3.8, 4) is 0 Å². The molecule has 124 valence electrons. The first kappa shape index (κ1) is 16.0. The van der Waals surface area contributed by atoms with Gasteiger partial charge in [-0.1, -0.05) is 30.3 Å². The monoisotopic (exact) mass is 326 g/mol. The van der Waals surface area contributed by atoms with Crippen LogP contribution in [0, 0.1) is 11.8 Å². The van der Waals surface area contributed by atoms with Gasteiger partial charge in [0.2, 0.25) is 11.8 Å². The first-order valence-corrected chi connectivity index (χ1v) is 7.54. The molecule has 3 rings (SSSR count). The molecule has 0 unspecified atom stereocenters. The zero-order valence-electron chi connectivity index (χ0n) is 12.6. The van der Waals surface area contributed by atoms with Gasteiger partial charge in [0.25, 0.3) is 0 Å². The molecule has 0 bridgehead atoms. The van der Waals surface area contributed by atoms with Crippen LogP contribution in [0.3, 0.4) is 0 Å². The number of likely N-dealkylation sites (tertiary alicyclic amines) is 2. The molecule has 4 nitrogen and oxygen atoms in total. The van der Waals surface area contributed by atoms with Gasteiger partial charge in [0, 0.05) is 19.6 Å². The number of imide groups is 1. The van der Waals surface area contributed by atoms with Gasteiger partial charge in [-0.25, -0.2) is 0 Å². The van der Waals surface area contributed by atoms with E-state index in [2.05, 4.69) is 0 Å². The molecular weight excluding hydrogens is 309 g/mol. The second-order valence-electron chi connectivity index (χ2n) is 5.95. The van der Waals surface area contributed by atoms with E-state index < -0.39 is 35.9 Å². The standard InChI is InChI=1S/C16H17F3N2O2/c1-2-21-14(22)11-9-20(8-10-6-4-3-5-7-10)13(16(17,18)19)12(11)15(21)23/h3-7,11-13H,2,8-9H2,1H3/t11-,12-,13-/m0/s1. The lowest BCUT2D eigenvalue weighted by Gasteiger charge is -2.30. The summed E-state index contributed by atoms with van der Waals surface area (Å²) in [5, 5.41) is 0. The highest BCUT2D eigenvalue weighted by Gasteiger charge is 2.64. The molecule has 7 heteroatoms. The summed E-state index contributed by atoms with van der Waals surface area (Å²) in [4.78, 5) is 26.6. The van der Waals surface area contributed by atoms with Crippen LogP contribution in [-0.2, 0) is 16.1 Å². The summed E-state index contributed by atoms with van der Waals surface area (Å²) in [6.45, 7) is 1.75.